The number of phosphoric ester groups is 1. The zero-order chi connectivity index (χ0) is 25.4. The van der Waals surface area contributed by atoms with E-state index in [2.05, 4.69) is 34.8 Å². The van der Waals surface area contributed by atoms with Crippen LogP contribution in [0, 0.1) is 0 Å². The van der Waals surface area contributed by atoms with Gasteiger partial charge in [0.2, 0.25) is 11.4 Å². The molecule has 1 aromatic rings. The van der Waals surface area contributed by atoms with E-state index in [1.807, 2.05) is 0 Å². The van der Waals surface area contributed by atoms with Crippen LogP contribution in [0.1, 0.15) is 0 Å². The number of aromatic amines is 1. The minimum Gasteiger partial charge on any atom is -0.387 e. The van der Waals surface area contributed by atoms with Gasteiger partial charge in [0.25, 0.3) is 5.56 Å². The van der Waals surface area contributed by atoms with Crippen LogP contribution in [0.2, 0.25) is 0 Å². The summed E-state index contributed by atoms with van der Waals surface area (Å²) in [4.78, 5) is 53.3. The molecule has 1 aliphatic rings. The van der Waals surface area contributed by atoms with Crippen LogP contribution in [-0.2, 0) is 31.6 Å². The second-order valence-electron chi connectivity index (χ2n) is 6.21. The Hall–Kier alpha value is -1.59. The Morgan fingerprint density at radius 1 is 1.30 bits per heavy atom. The molecule has 0 bridgehead atoms. The number of aliphatic hydroxyl groups excluding tert-OH is 1. The van der Waals surface area contributed by atoms with Crippen LogP contribution in [0.4, 0.5) is 10.3 Å². The summed E-state index contributed by atoms with van der Waals surface area (Å²) in [6.45, 7) is 2.42. The van der Waals surface area contributed by atoms with Crippen molar-refractivity contribution in [2.75, 3.05) is 19.4 Å². The predicted molar refractivity (Wildman–Crippen MR) is 103 cm³/mol. The first-order chi connectivity index (χ1) is 15.0. The topological polar surface area (TPSA) is 278 Å². The Labute approximate surface area is 182 Å². The standard InChI is InChI=1S/C11H19FN5O13P3/c1-4(17-9(14-2)10(19)15-11(13)16-17)8-6(12)7(18)5(28-8)3-27-32(23,24)30-33(25,26)29-31(20,21)22/h5-8,18H,1,3H2,2H3,(H,23,24)(H,25,26)(H2,20,21,22)(H3,13,15,16,19)/t5-,6-,7-,8+/m1/s1. The maximum absolute atomic E-state index is 14.6. The van der Waals surface area contributed by atoms with Gasteiger partial charge in [-0.3, -0.25) is 19.3 Å². The third-order valence-corrected chi connectivity index (χ3v) is 7.60. The molecule has 1 aromatic heterocycles. The van der Waals surface area contributed by atoms with Gasteiger partial charge in [-0.2, -0.15) is 8.62 Å². The van der Waals surface area contributed by atoms with E-state index in [0.717, 1.165) is 4.68 Å². The number of nitrogens with one attached hydrogen (secondary N) is 1. The van der Waals surface area contributed by atoms with Gasteiger partial charge < -0.3 is 35.2 Å². The van der Waals surface area contributed by atoms with E-state index in [-0.39, 0.29) is 17.1 Å². The summed E-state index contributed by atoms with van der Waals surface area (Å²) in [5.41, 5.74) is 3.94. The zero-order valence-corrected chi connectivity index (χ0v) is 19.0. The summed E-state index contributed by atoms with van der Waals surface area (Å²) < 4.78 is 65.7. The molecule has 0 aromatic carbocycles. The molecule has 0 radical (unpaired) electrons. The smallest absolute Gasteiger partial charge is 0.387 e. The highest BCUT2D eigenvalue weighted by molar-refractivity contribution is 7.66. The first kappa shape index (κ1) is 27.7. The van der Waals surface area contributed by atoms with E-state index in [0.29, 0.717) is 0 Å². The zero-order valence-electron chi connectivity index (χ0n) is 16.4. The molecule has 2 rings (SSSR count). The Kier molecular flexibility index (Phi) is 8.34. The van der Waals surface area contributed by atoms with Gasteiger partial charge in [0.05, 0.1) is 12.3 Å². The molecule has 188 valence electrons. The number of nitrogens with two attached hydrogens (primary N) is 1. The molecule has 18 nitrogen and oxygen atoms in total. The van der Waals surface area contributed by atoms with Crippen molar-refractivity contribution in [3.8, 4) is 0 Å². The van der Waals surface area contributed by atoms with Crippen LogP contribution in [0.5, 0.6) is 0 Å². The van der Waals surface area contributed by atoms with Crippen LogP contribution in [0.25, 0.3) is 5.70 Å². The highest BCUT2D eigenvalue weighted by Gasteiger charge is 2.48. The molecule has 33 heavy (non-hydrogen) atoms. The number of phosphoric acid groups is 3. The highest BCUT2D eigenvalue weighted by atomic mass is 31.3. The number of aliphatic hydroxyl groups is 1. The minimum absolute atomic E-state index is 0.346. The van der Waals surface area contributed by atoms with Crippen LogP contribution >= 0.6 is 23.5 Å². The highest BCUT2D eigenvalue weighted by Crippen LogP contribution is 2.66. The lowest BCUT2D eigenvalue weighted by molar-refractivity contribution is -0.0102. The van der Waals surface area contributed by atoms with Crippen molar-refractivity contribution in [2.24, 2.45) is 4.99 Å². The summed E-state index contributed by atoms with van der Waals surface area (Å²) in [7, 11) is -15.7. The van der Waals surface area contributed by atoms with Gasteiger partial charge in [-0.05, 0) is 0 Å². The number of alkyl halides is 1. The third-order valence-electron chi connectivity index (χ3n) is 3.80. The fourth-order valence-electron chi connectivity index (χ4n) is 2.56. The number of rotatable bonds is 9. The molecular weight excluding hydrogens is 522 g/mol. The van der Waals surface area contributed by atoms with Gasteiger partial charge in [-0.25, -0.2) is 22.8 Å². The molecular formula is C11H19FN5O13P3. The number of nitrogens with zero attached hydrogens (tertiary/aromatic N) is 3. The number of ether oxygens (including phenoxy) is 1. The summed E-state index contributed by atoms with van der Waals surface area (Å²) in [5, 5.41) is 13.8. The van der Waals surface area contributed by atoms with Crippen molar-refractivity contribution in [3.63, 3.8) is 0 Å². The molecule has 0 saturated carbocycles. The number of hydrogen-bond donors (Lipinski definition) is 7. The van der Waals surface area contributed by atoms with Gasteiger partial charge in [0, 0.05) is 7.05 Å². The monoisotopic (exact) mass is 541 g/mol. The van der Waals surface area contributed by atoms with E-state index in [9.17, 15) is 32.9 Å². The molecule has 0 amide bonds. The fraction of sp³-hybridized carbons (Fsp3) is 0.545. The van der Waals surface area contributed by atoms with Crippen molar-refractivity contribution < 1.29 is 60.6 Å². The second-order valence-corrected chi connectivity index (χ2v) is 10.6. The molecule has 0 spiro atoms. The van der Waals surface area contributed by atoms with Crippen molar-refractivity contribution in [1.82, 2.24) is 14.8 Å². The van der Waals surface area contributed by atoms with Crippen molar-refractivity contribution >= 4 is 35.1 Å². The van der Waals surface area contributed by atoms with Gasteiger partial charge in [0.1, 0.15) is 18.3 Å². The van der Waals surface area contributed by atoms with Gasteiger partial charge >= 0.3 is 23.5 Å². The van der Waals surface area contributed by atoms with Gasteiger partial charge in [-0.15, -0.1) is 5.10 Å². The Morgan fingerprint density at radius 3 is 2.45 bits per heavy atom. The second kappa shape index (κ2) is 9.95. The van der Waals surface area contributed by atoms with Crippen molar-refractivity contribution in [2.45, 2.75) is 24.5 Å². The molecule has 22 heteroatoms. The number of hydrogen-bond acceptors (Lipinski definition) is 12. The Balaban J connectivity index is 2.15. The molecule has 2 heterocycles. The number of H-pyrrole nitrogens is 1. The predicted octanol–water partition coefficient (Wildman–Crippen LogP) is -2.04. The van der Waals surface area contributed by atoms with Crippen LogP contribution in [0.3, 0.4) is 0 Å². The fourth-order valence-corrected chi connectivity index (χ4v) is 5.59. The molecule has 0 aliphatic carbocycles. The third kappa shape index (κ3) is 7.19. The van der Waals surface area contributed by atoms with Crippen molar-refractivity contribution in [3.05, 3.63) is 22.4 Å². The summed E-state index contributed by atoms with van der Waals surface area (Å²) in [6.07, 6.45) is -7.60. The molecule has 2 unspecified atom stereocenters. The summed E-state index contributed by atoms with van der Waals surface area (Å²) in [6, 6.07) is 0. The van der Waals surface area contributed by atoms with E-state index in [1.165, 1.54) is 7.05 Å². The maximum atomic E-state index is 14.6. The maximum Gasteiger partial charge on any atom is 0.490 e. The average Bonchev–Trinajstić information content (AvgIpc) is 2.90. The quantitative estimate of drug-likeness (QED) is 0.166. The van der Waals surface area contributed by atoms with Crippen LogP contribution < -0.4 is 16.8 Å². The average molecular weight is 541 g/mol. The van der Waals surface area contributed by atoms with Gasteiger partial charge in [0.15, 0.2) is 6.17 Å². The van der Waals surface area contributed by atoms with Crippen molar-refractivity contribution in [1.29, 1.82) is 0 Å². The molecule has 1 aliphatic heterocycles. The number of anilines is 1. The molecule has 6 atom stereocenters. The summed E-state index contributed by atoms with van der Waals surface area (Å²) in [5.74, 6) is -0.383. The van der Waals surface area contributed by atoms with E-state index in [1.54, 1.807) is 0 Å². The summed E-state index contributed by atoms with van der Waals surface area (Å²) >= 11 is 0. The molecule has 1 saturated heterocycles. The van der Waals surface area contributed by atoms with Crippen LogP contribution in [-0.4, -0.2) is 77.6 Å². The number of nitrogen functional groups attached to an aromatic ring is 1. The number of halogens is 1. The lowest BCUT2D eigenvalue weighted by Gasteiger charge is -2.19. The lowest BCUT2D eigenvalue weighted by atomic mass is 10.1. The van der Waals surface area contributed by atoms with E-state index in [4.69, 9.17) is 25.2 Å². The van der Waals surface area contributed by atoms with Gasteiger partial charge in [-0.1, -0.05) is 6.58 Å². The van der Waals surface area contributed by atoms with E-state index >= 15 is 0 Å². The van der Waals surface area contributed by atoms with Crippen LogP contribution in [0.15, 0.2) is 16.4 Å². The first-order valence-electron chi connectivity index (χ1n) is 8.33. The molecule has 8 N–H and O–H groups in total. The largest absolute Gasteiger partial charge is 0.490 e. The molecule has 1 fully saturated rings. The minimum atomic E-state index is -5.77. The Morgan fingerprint density at radius 2 is 1.91 bits per heavy atom. The normalized spacial score (nSPS) is 27.8. The van der Waals surface area contributed by atoms with E-state index < -0.39 is 60.1 Å². The number of aromatic nitrogens is 3. The lowest BCUT2D eigenvalue weighted by Crippen LogP contribution is -2.42. The first-order valence-corrected chi connectivity index (χ1v) is 12.9. The SMILES string of the molecule is C=C([C@@H]1O[C@H](COP(=O)(O)OP(=O)(O)OP(=O)(O)O)[C@@H](O)[C@H]1F)n1nc(N)[nH]c(=O)c1=NC. The Bertz CT molecular complexity index is 1180.